The van der Waals surface area contributed by atoms with Crippen molar-refractivity contribution in [1.29, 1.82) is 0 Å². The lowest BCUT2D eigenvalue weighted by atomic mass is 10.1. The third-order valence-corrected chi connectivity index (χ3v) is 3.72. The summed E-state index contributed by atoms with van der Waals surface area (Å²) in [5, 5.41) is 0. The van der Waals surface area contributed by atoms with Crippen molar-refractivity contribution in [2.45, 2.75) is 111 Å². The Balaban J connectivity index is 0. The molecular formula is C20H40O4. The molecule has 24 heavy (non-hydrogen) atoms. The first kappa shape index (κ1) is 25.2. The van der Waals surface area contributed by atoms with Gasteiger partial charge >= 0.3 is 11.9 Å². The van der Waals surface area contributed by atoms with Crippen LogP contribution < -0.4 is 0 Å². The average molecular weight is 345 g/mol. The van der Waals surface area contributed by atoms with Gasteiger partial charge in [0.1, 0.15) is 6.10 Å². The van der Waals surface area contributed by atoms with E-state index < -0.39 is 0 Å². The highest BCUT2D eigenvalue weighted by Gasteiger charge is 2.07. The normalized spacial score (nSPS) is 11.2. The minimum absolute atomic E-state index is 0.147. The van der Waals surface area contributed by atoms with Gasteiger partial charge in [-0.3, -0.25) is 9.59 Å². The first-order valence-corrected chi connectivity index (χ1v) is 9.78. The average Bonchev–Trinajstić information content (AvgIpc) is 2.53. The van der Waals surface area contributed by atoms with Gasteiger partial charge in [0, 0.05) is 13.8 Å². The van der Waals surface area contributed by atoms with E-state index in [1.54, 1.807) is 0 Å². The highest BCUT2D eigenvalue weighted by atomic mass is 16.5. The van der Waals surface area contributed by atoms with Gasteiger partial charge in [-0.15, -0.1) is 0 Å². The van der Waals surface area contributed by atoms with Crippen molar-refractivity contribution in [2.75, 3.05) is 6.61 Å². The van der Waals surface area contributed by atoms with Crippen LogP contribution in [-0.2, 0) is 19.1 Å². The first-order chi connectivity index (χ1) is 11.5. The number of hydrogen-bond donors (Lipinski definition) is 0. The maximum atomic E-state index is 10.6. The van der Waals surface area contributed by atoms with Gasteiger partial charge in [0.2, 0.25) is 0 Å². The van der Waals surface area contributed by atoms with Crippen molar-refractivity contribution in [1.82, 2.24) is 0 Å². The van der Waals surface area contributed by atoms with Crippen molar-refractivity contribution in [2.24, 2.45) is 0 Å². The first-order valence-electron chi connectivity index (χ1n) is 9.78. The summed E-state index contributed by atoms with van der Waals surface area (Å²) in [4.78, 5) is 21.0. The molecule has 0 heterocycles. The van der Waals surface area contributed by atoms with E-state index in [0.29, 0.717) is 6.61 Å². The van der Waals surface area contributed by atoms with Crippen molar-refractivity contribution < 1.29 is 19.1 Å². The van der Waals surface area contributed by atoms with Crippen LogP contribution in [0, 0.1) is 0 Å². The van der Waals surface area contributed by atoms with Gasteiger partial charge in [-0.1, -0.05) is 65.7 Å². The summed E-state index contributed by atoms with van der Waals surface area (Å²) < 4.78 is 9.92. The Morgan fingerprint density at radius 2 is 1.29 bits per heavy atom. The lowest BCUT2D eigenvalue weighted by Gasteiger charge is -2.14. The molecule has 1 unspecified atom stereocenters. The molecule has 0 radical (unpaired) electrons. The van der Waals surface area contributed by atoms with Crippen LogP contribution in [0.1, 0.15) is 105 Å². The molecule has 4 nitrogen and oxygen atoms in total. The van der Waals surface area contributed by atoms with E-state index in [-0.39, 0.29) is 18.0 Å². The van der Waals surface area contributed by atoms with Crippen LogP contribution in [0.15, 0.2) is 0 Å². The minimum Gasteiger partial charge on any atom is -0.466 e. The molecule has 0 rings (SSSR count). The van der Waals surface area contributed by atoms with Crippen molar-refractivity contribution in [3.63, 3.8) is 0 Å². The van der Waals surface area contributed by atoms with Crippen LogP contribution >= 0.6 is 0 Å². The molecule has 4 heteroatoms. The van der Waals surface area contributed by atoms with Gasteiger partial charge in [0.15, 0.2) is 0 Å². The molecule has 0 aliphatic rings. The largest absolute Gasteiger partial charge is 0.466 e. The molecule has 0 fully saturated rings. The molecule has 0 saturated carbocycles. The summed E-state index contributed by atoms with van der Waals surface area (Å²) in [5.41, 5.74) is 0. The van der Waals surface area contributed by atoms with Gasteiger partial charge in [-0.2, -0.15) is 0 Å². The molecule has 0 spiro atoms. The fourth-order valence-corrected chi connectivity index (χ4v) is 2.30. The zero-order chi connectivity index (χ0) is 18.6. The number of rotatable bonds is 13. The zero-order valence-corrected chi connectivity index (χ0v) is 16.7. The number of hydrogen-bond acceptors (Lipinski definition) is 4. The molecule has 0 amide bonds. The summed E-state index contributed by atoms with van der Waals surface area (Å²) in [7, 11) is 0. The Morgan fingerprint density at radius 1 is 0.750 bits per heavy atom. The van der Waals surface area contributed by atoms with Crippen molar-refractivity contribution in [3.05, 3.63) is 0 Å². The van der Waals surface area contributed by atoms with E-state index in [9.17, 15) is 9.59 Å². The number of carbonyl (C=O) groups is 2. The molecule has 0 aromatic carbocycles. The van der Waals surface area contributed by atoms with Gasteiger partial charge in [0.05, 0.1) is 6.61 Å². The van der Waals surface area contributed by atoms with Gasteiger partial charge in [-0.25, -0.2) is 0 Å². The number of carbonyl (C=O) groups excluding carboxylic acids is 2. The summed E-state index contributed by atoms with van der Waals surface area (Å²) in [5.74, 6) is -0.318. The van der Waals surface area contributed by atoms with Crippen LogP contribution in [0.2, 0.25) is 0 Å². The van der Waals surface area contributed by atoms with Crippen LogP contribution in [0.5, 0.6) is 0 Å². The molecule has 1 atom stereocenters. The molecule has 0 bridgehead atoms. The lowest BCUT2D eigenvalue weighted by Crippen LogP contribution is -2.14. The third kappa shape index (κ3) is 23.2. The standard InChI is InChI=1S/2C10H20O2/c1-4-6-7-8-10(5-2)12-9(3)11;1-3-4-5-6-7-8-9-12-10(2)11/h10H,4-8H2,1-3H3;3-9H2,1-2H3. The fraction of sp³-hybridized carbons (Fsp3) is 0.900. The Kier molecular flexibility index (Phi) is 21.0. The van der Waals surface area contributed by atoms with Crippen molar-refractivity contribution in [3.8, 4) is 0 Å². The van der Waals surface area contributed by atoms with E-state index in [2.05, 4.69) is 20.8 Å². The maximum Gasteiger partial charge on any atom is 0.302 e. The SMILES string of the molecule is CCCCCC(CC)OC(C)=O.CCCCCCCCOC(C)=O. The van der Waals surface area contributed by atoms with E-state index in [0.717, 1.165) is 19.3 Å². The topological polar surface area (TPSA) is 52.6 Å². The number of unbranched alkanes of at least 4 members (excludes halogenated alkanes) is 7. The Hall–Kier alpha value is -1.06. The predicted molar refractivity (Wildman–Crippen MR) is 100.0 cm³/mol. The van der Waals surface area contributed by atoms with Gasteiger partial charge in [-0.05, 0) is 25.7 Å². The highest BCUT2D eigenvalue weighted by Crippen LogP contribution is 2.09. The van der Waals surface area contributed by atoms with Crippen LogP contribution in [0.3, 0.4) is 0 Å². The Bertz CT molecular complexity index is 289. The molecule has 0 aliphatic heterocycles. The smallest absolute Gasteiger partial charge is 0.302 e. The minimum atomic E-state index is -0.163. The third-order valence-electron chi connectivity index (χ3n) is 3.72. The number of esters is 2. The second-order valence-electron chi connectivity index (χ2n) is 6.24. The second-order valence-corrected chi connectivity index (χ2v) is 6.24. The van der Waals surface area contributed by atoms with Crippen LogP contribution in [0.25, 0.3) is 0 Å². The molecule has 0 saturated heterocycles. The Morgan fingerprint density at radius 3 is 1.79 bits per heavy atom. The molecule has 0 aromatic heterocycles. The van der Waals surface area contributed by atoms with Gasteiger partial charge in [0.25, 0.3) is 0 Å². The summed E-state index contributed by atoms with van der Waals surface area (Å²) >= 11 is 0. The van der Waals surface area contributed by atoms with E-state index in [4.69, 9.17) is 9.47 Å². The van der Waals surface area contributed by atoms with E-state index in [1.165, 1.54) is 65.2 Å². The maximum absolute atomic E-state index is 10.6. The quantitative estimate of drug-likeness (QED) is 0.312. The monoisotopic (exact) mass is 344 g/mol. The summed E-state index contributed by atoms with van der Waals surface area (Å²) in [6, 6.07) is 0. The second kappa shape index (κ2) is 20.0. The van der Waals surface area contributed by atoms with E-state index >= 15 is 0 Å². The number of ether oxygens (including phenoxy) is 2. The summed E-state index contributed by atoms with van der Waals surface area (Å²) in [6.45, 7) is 9.96. The van der Waals surface area contributed by atoms with Crippen LogP contribution in [0.4, 0.5) is 0 Å². The molecule has 144 valence electrons. The van der Waals surface area contributed by atoms with Gasteiger partial charge < -0.3 is 9.47 Å². The molecule has 0 aliphatic carbocycles. The fourth-order valence-electron chi connectivity index (χ4n) is 2.30. The summed E-state index contributed by atoms with van der Waals surface area (Å²) in [6.07, 6.45) is 13.1. The Labute approximate surface area is 149 Å². The zero-order valence-electron chi connectivity index (χ0n) is 16.7. The van der Waals surface area contributed by atoms with Crippen LogP contribution in [-0.4, -0.2) is 24.6 Å². The predicted octanol–water partition coefficient (Wildman–Crippen LogP) is 5.82. The highest BCUT2D eigenvalue weighted by molar-refractivity contribution is 5.66. The lowest BCUT2D eigenvalue weighted by molar-refractivity contribution is -0.147. The molecular weight excluding hydrogens is 304 g/mol. The molecule has 0 N–H and O–H groups in total. The van der Waals surface area contributed by atoms with Crippen molar-refractivity contribution >= 4 is 11.9 Å². The van der Waals surface area contributed by atoms with E-state index in [1.807, 2.05) is 0 Å². The molecule has 0 aromatic rings.